The SMILES string of the molecule is CC(C)S(=O)(=O)c1ccc(-c2cc(C(=O)Nc3ccccc3)[nH]n2)cc1. The van der Waals surface area contributed by atoms with Gasteiger partial charge in [-0.05, 0) is 44.2 Å². The van der Waals surface area contributed by atoms with Crippen LogP contribution in [0.25, 0.3) is 11.3 Å². The third-order valence-corrected chi connectivity index (χ3v) is 6.12. The lowest BCUT2D eigenvalue weighted by Gasteiger charge is -2.07. The van der Waals surface area contributed by atoms with Gasteiger partial charge in [-0.15, -0.1) is 0 Å². The molecule has 0 aliphatic rings. The molecule has 0 atom stereocenters. The Morgan fingerprint density at radius 2 is 1.69 bits per heavy atom. The third kappa shape index (κ3) is 3.67. The number of H-pyrrole nitrogens is 1. The molecule has 0 saturated heterocycles. The minimum atomic E-state index is -3.31. The Hall–Kier alpha value is -2.93. The first kappa shape index (κ1) is 17.9. The van der Waals surface area contributed by atoms with Crippen LogP contribution < -0.4 is 5.32 Å². The molecule has 1 heterocycles. The summed E-state index contributed by atoms with van der Waals surface area (Å²) in [5, 5.41) is 9.14. The van der Waals surface area contributed by atoms with Gasteiger partial charge in [-0.25, -0.2) is 8.42 Å². The van der Waals surface area contributed by atoms with Gasteiger partial charge in [0.25, 0.3) is 5.91 Å². The zero-order valence-electron chi connectivity index (χ0n) is 14.4. The molecule has 1 amide bonds. The number of sulfone groups is 1. The van der Waals surface area contributed by atoms with Gasteiger partial charge in [0.1, 0.15) is 5.69 Å². The van der Waals surface area contributed by atoms with E-state index >= 15 is 0 Å². The first-order chi connectivity index (χ1) is 12.4. The Bertz CT molecular complexity index is 1010. The molecule has 0 aliphatic carbocycles. The molecule has 1 aromatic heterocycles. The van der Waals surface area contributed by atoms with E-state index in [9.17, 15) is 13.2 Å². The van der Waals surface area contributed by atoms with E-state index in [2.05, 4.69) is 15.5 Å². The number of nitrogens with zero attached hydrogens (tertiary/aromatic N) is 1. The van der Waals surface area contributed by atoms with Crippen molar-refractivity contribution in [1.82, 2.24) is 10.2 Å². The fourth-order valence-electron chi connectivity index (χ4n) is 2.39. The number of benzene rings is 2. The van der Waals surface area contributed by atoms with E-state index in [1.54, 1.807) is 56.3 Å². The zero-order valence-corrected chi connectivity index (χ0v) is 15.2. The van der Waals surface area contributed by atoms with E-state index in [1.165, 1.54) is 0 Å². The molecule has 0 aliphatic heterocycles. The number of hydrogen-bond acceptors (Lipinski definition) is 4. The van der Waals surface area contributed by atoms with Crippen molar-refractivity contribution in [3.63, 3.8) is 0 Å². The van der Waals surface area contributed by atoms with E-state index in [0.717, 1.165) is 5.56 Å². The molecule has 134 valence electrons. The van der Waals surface area contributed by atoms with Crippen molar-refractivity contribution in [1.29, 1.82) is 0 Å². The van der Waals surface area contributed by atoms with E-state index < -0.39 is 15.1 Å². The van der Waals surface area contributed by atoms with Crippen LogP contribution in [0.5, 0.6) is 0 Å². The number of carbonyl (C=O) groups excluding carboxylic acids is 1. The van der Waals surface area contributed by atoms with Crippen molar-refractivity contribution < 1.29 is 13.2 Å². The van der Waals surface area contributed by atoms with Gasteiger partial charge in [0, 0.05) is 11.3 Å². The number of carbonyl (C=O) groups is 1. The molecular weight excluding hydrogens is 350 g/mol. The van der Waals surface area contributed by atoms with Crippen molar-refractivity contribution in [2.75, 3.05) is 5.32 Å². The molecule has 2 N–H and O–H groups in total. The summed E-state index contributed by atoms with van der Waals surface area (Å²) in [6, 6.07) is 17.2. The van der Waals surface area contributed by atoms with Gasteiger partial charge in [-0.1, -0.05) is 30.3 Å². The van der Waals surface area contributed by atoms with E-state index in [0.29, 0.717) is 17.1 Å². The summed E-state index contributed by atoms with van der Waals surface area (Å²) in [4.78, 5) is 12.5. The summed E-state index contributed by atoms with van der Waals surface area (Å²) in [7, 11) is -3.31. The number of aromatic amines is 1. The molecule has 0 unspecified atom stereocenters. The van der Waals surface area contributed by atoms with Crippen LogP contribution in [0.3, 0.4) is 0 Å². The number of aromatic nitrogens is 2. The maximum Gasteiger partial charge on any atom is 0.273 e. The average molecular weight is 369 g/mol. The fourth-order valence-corrected chi connectivity index (χ4v) is 3.45. The van der Waals surface area contributed by atoms with Crippen molar-refractivity contribution >= 4 is 21.4 Å². The molecular formula is C19H19N3O3S. The highest BCUT2D eigenvalue weighted by Gasteiger charge is 2.19. The summed E-state index contributed by atoms with van der Waals surface area (Å²) in [5.41, 5.74) is 2.30. The van der Waals surface area contributed by atoms with E-state index in [4.69, 9.17) is 0 Å². The van der Waals surface area contributed by atoms with Gasteiger partial charge >= 0.3 is 0 Å². The van der Waals surface area contributed by atoms with Crippen molar-refractivity contribution in [2.45, 2.75) is 24.0 Å². The molecule has 0 fully saturated rings. The summed E-state index contributed by atoms with van der Waals surface area (Å²) in [6.45, 7) is 3.29. The van der Waals surface area contributed by atoms with E-state index in [-0.39, 0.29) is 10.8 Å². The van der Waals surface area contributed by atoms with Gasteiger partial charge in [0.2, 0.25) is 0 Å². The second kappa shape index (κ2) is 7.13. The summed E-state index contributed by atoms with van der Waals surface area (Å²) < 4.78 is 24.3. The predicted octanol–water partition coefficient (Wildman–Crippen LogP) is 3.51. The molecule has 7 heteroatoms. The van der Waals surface area contributed by atoms with Crippen LogP contribution in [0.4, 0.5) is 5.69 Å². The minimum Gasteiger partial charge on any atom is -0.321 e. The summed E-state index contributed by atoms with van der Waals surface area (Å²) in [6.07, 6.45) is 0. The van der Waals surface area contributed by atoms with Crippen LogP contribution in [0.15, 0.2) is 65.6 Å². The van der Waals surface area contributed by atoms with Crippen molar-refractivity contribution in [3.8, 4) is 11.3 Å². The smallest absolute Gasteiger partial charge is 0.273 e. The summed E-state index contributed by atoms with van der Waals surface area (Å²) in [5.74, 6) is -0.297. The van der Waals surface area contributed by atoms with Gasteiger partial charge in [0.15, 0.2) is 9.84 Å². The Morgan fingerprint density at radius 1 is 1.04 bits per heavy atom. The van der Waals surface area contributed by atoms with Crippen LogP contribution >= 0.6 is 0 Å². The molecule has 26 heavy (non-hydrogen) atoms. The molecule has 2 aromatic carbocycles. The summed E-state index contributed by atoms with van der Waals surface area (Å²) >= 11 is 0. The molecule has 0 saturated carbocycles. The lowest BCUT2D eigenvalue weighted by molar-refractivity contribution is 0.102. The van der Waals surface area contributed by atoms with Gasteiger partial charge < -0.3 is 5.32 Å². The molecule has 3 rings (SSSR count). The number of anilines is 1. The molecule has 3 aromatic rings. The first-order valence-corrected chi connectivity index (χ1v) is 9.68. The number of amides is 1. The highest BCUT2D eigenvalue weighted by Crippen LogP contribution is 2.22. The van der Waals surface area contributed by atoms with Crippen LogP contribution in [-0.2, 0) is 9.84 Å². The Morgan fingerprint density at radius 3 is 2.31 bits per heavy atom. The predicted molar refractivity (Wildman–Crippen MR) is 101 cm³/mol. The number of nitrogens with one attached hydrogen (secondary N) is 2. The van der Waals surface area contributed by atoms with Gasteiger partial charge in [0.05, 0.1) is 15.8 Å². The molecule has 6 nitrogen and oxygen atoms in total. The van der Waals surface area contributed by atoms with E-state index in [1.807, 2.05) is 18.2 Å². The highest BCUT2D eigenvalue weighted by molar-refractivity contribution is 7.92. The second-order valence-corrected chi connectivity index (χ2v) is 8.61. The Labute approximate surface area is 152 Å². The minimum absolute atomic E-state index is 0.272. The van der Waals surface area contributed by atoms with Gasteiger partial charge in [-0.3, -0.25) is 9.89 Å². The Balaban J connectivity index is 1.78. The standard InChI is InChI=1S/C19H19N3O3S/c1-13(2)26(24,25)16-10-8-14(9-11-16)17-12-18(22-21-17)19(23)20-15-6-4-3-5-7-15/h3-13H,1-2H3,(H,20,23)(H,21,22). The van der Waals surface area contributed by atoms with Crippen molar-refractivity contribution in [2.24, 2.45) is 0 Å². The third-order valence-electron chi connectivity index (χ3n) is 3.95. The largest absolute Gasteiger partial charge is 0.321 e. The first-order valence-electron chi connectivity index (χ1n) is 8.14. The maximum absolute atomic E-state index is 12.3. The number of rotatable bonds is 5. The Kier molecular flexibility index (Phi) is 4.90. The maximum atomic E-state index is 12.3. The van der Waals surface area contributed by atoms with Crippen molar-refractivity contribution in [3.05, 3.63) is 66.4 Å². The molecule has 0 radical (unpaired) electrons. The zero-order chi connectivity index (χ0) is 18.7. The topological polar surface area (TPSA) is 91.9 Å². The second-order valence-electron chi connectivity index (χ2n) is 6.11. The van der Waals surface area contributed by atoms with Crippen LogP contribution in [0, 0.1) is 0 Å². The quantitative estimate of drug-likeness (QED) is 0.720. The fraction of sp³-hybridized carbons (Fsp3) is 0.158. The van der Waals surface area contributed by atoms with Crippen LogP contribution in [-0.4, -0.2) is 29.8 Å². The normalized spacial score (nSPS) is 11.5. The molecule has 0 spiro atoms. The lowest BCUT2D eigenvalue weighted by Crippen LogP contribution is -2.13. The van der Waals surface area contributed by atoms with Gasteiger partial charge in [-0.2, -0.15) is 5.10 Å². The molecule has 0 bridgehead atoms. The number of para-hydroxylation sites is 1. The average Bonchev–Trinajstić information content (AvgIpc) is 3.13. The van der Waals surface area contributed by atoms with Crippen LogP contribution in [0.2, 0.25) is 0 Å². The number of hydrogen-bond donors (Lipinski definition) is 2. The monoisotopic (exact) mass is 369 g/mol. The highest BCUT2D eigenvalue weighted by atomic mass is 32.2. The van der Waals surface area contributed by atoms with Crippen LogP contribution in [0.1, 0.15) is 24.3 Å². The lowest BCUT2D eigenvalue weighted by atomic mass is 10.1.